The quantitative estimate of drug-likeness (QED) is 0.789. The summed E-state index contributed by atoms with van der Waals surface area (Å²) in [4.78, 5) is 15.7. The maximum Gasteiger partial charge on any atom is 0.234 e. The molecule has 138 valence electrons. The topological polar surface area (TPSA) is 51.1 Å². The molecule has 1 atom stereocenters. The van der Waals surface area contributed by atoms with Crippen molar-refractivity contribution in [1.82, 2.24) is 15.0 Å². The Balaban J connectivity index is 1.36. The summed E-state index contributed by atoms with van der Waals surface area (Å²) in [5, 5.41) is 0. The number of pyridine rings is 1. The summed E-state index contributed by atoms with van der Waals surface area (Å²) in [5.41, 5.74) is 1.32. The Morgan fingerprint density at radius 3 is 2.73 bits per heavy atom. The van der Waals surface area contributed by atoms with Crippen LogP contribution >= 0.6 is 0 Å². The lowest BCUT2D eigenvalue weighted by Gasteiger charge is -2.33. The molecule has 5 nitrogen and oxygen atoms in total. The summed E-state index contributed by atoms with van der Waals surface area (Å²) in [6, 6.07) is 4.19. The molecule has 4 rings (SSSR count). The lowest BCUT2D eigenvalue weighted by atomic mass is 9.92. The second-order valence-electron chi connectivity index (χ2n) is 7.70. The summed E-state index contributed by atoms with van der Waals surface area (Å²) < 4.78 is 5.94. The highest BCUT2D eigenvalue weighted by molar-refractivity contribution is 5.38. The van der Waals surface area contributed by atoms with Gasteiger partial charge < -0.3 is 9.64 Å². The highest BCUT2D eigenvalue weighted by atomic mass is 16.5. The van der Waals surface area contributed by atoms with E-state index in [2.05, 4.69) is 20.9 Å². The number of ether oxygens (including phenoxy) is 1. The summed E-state index contributed by atoms with van der Waals surface area (Å²) in [6.45, 7) is 2.85. The van der Waals surface area contributed by atoms with Crippen molar-refractivity contribution in [3.8, 4) is 5.88 Å². The molecule has 2 fully saturated rings. The number of nitrogens with zero attached hydrogens (tertiary/aromatic N) is 4. The summed E-state index contributed by atoms with van der Waals surface area (Å²) in [7, 11) is 0. The van der Waals surface area contributed by atoms with E-state index in [9.17, 15) is 0 Å². The fourth-order valence-corrected chi connectivity index (χ4v) is 4.23. The first-order valence-corrected chi connectivity index (χ1v) is 9.95. The van der Waals surface area contributed by atoms with Gasteiger partial charge >= 0.3 is 0 Å². The lowest BCUT2D eigenvalue weighted by molar-refractivity contribution is 0.242. The van der Waals surface area contributed by atoms with Crippen molar-refractivity contribution in [1.29, 1.82) is 0 Å². The molecule has 5 heteroatoms. The number of aromatic nitrogens is 3. The van der Waals surface area contributed by atoms with Gasteiger partial charge in [-0.3, -0.25) is 9.97 Å². The van der Waals surface area contributed by atoms with Crippen LogP contribution in [0, 0.1) is 11.8 Å². The van der Waals surface area contributed by atoms with E-state index in [-0.39, 0.29) is 0 Å². The number of rotatable bonds is 6. The molecule has 0 amide bonds. The first-order valence-electron chi connectivity index (χ1n) is 9.95. The Kier molecular flexibility index (Phi) is 5.62. The van der Waals surface area contributed by atoms with E-state index >= 15 is 0 Å². The first kappa shape index (κ1) is 17.3. The van der Waals surface area contributed by atoms with E-state index in [1.165, 1.54) is 44.1 Å². The Labute approximate surface area is 155 Å². The van der Waals surface area contributed by atoms with Gasteiger partial charge in [-0.2, -0.15) is 4.98 Å². The van der Waals surface area contributed by atoms with Gasteiger partial charge in [0.05, 0.1) is 19.0 Å². The highest BCUT2D eigenvalue weighted by Crippen LogP contribution is 2.27. The Bertz CT molecular complexity index is 687. The van der Waals surface area contributed by atoms with Crippen LogP contribution in [0.2, 0.25) is 0 Å². The fraction of sp³-hybridized carbons (Fsp3) is 0.571. The largest absolute Gasteiger partial charge is 0.476 e. The standard InChI is InChI=1S/C21H28N4O/c1-2-6-17(5-1)16-26-21-14-23-13-20(24-21)25-10-4-8-19(15-25)11-18-7-3-9-22-12-18/h3,7,9,12-14,17,19H,1-2,4-6,8,10-11,15-16H2. The molecule has 1 aliphatic heterocycles. The second-order valence-corrected chi connectivity index (χ2v) is 7.70. The fourth-order valence-electron chi connectivity index (χ4n) is 4.23. The smallest absolute Gasteiger partial charge is 0.234 e. The van der Waals surface area contributed by atoms with Crippen LogP contribution < -0.4 is 9.64 Å². The predicted molar refractivity (Wildman–Crippen MR) is 102 cm³/mol. The zero-order chi connectivity index (χ0) is 17.6. The van der Waals surface area contributed by atoms with E-state index in [1.807, 2.05) is 24.7 Å². The van der Waals surface area contributed by atoms with E-state index in [0.29, 0.717) is 17.7 Å². The van der Waals surface area contributed by atoms with Gasteiger partial charge in [-0.15, -0.1) is 0 Å². The molecule has 2 aliphatic rings. The lowest BCUT2D eigenvalue weighted by Crippen LogP contribution is -2.36. The molecular formula is C21H28N4O. The van der Waals surface area contributed by atoms with Gasteiger partial charge in [-0.05, 0) is 55.6 Å². The second kappa shape index (κ2) is 8.47. The minimum Gasteiger partial charge on any atom is -0.476 e. The summed E-state index contributed by atoms with van der Waals surface area (Å²) >= 11 is 0. The van der Waals surface area contributed by atoms with E-state index < -0.39 is 0 Å². The Morgan fingerprint density at radius 2 is 1.88 bits per heavy atom. The molecule has 0 spiro atoms. The molecule has 0 aromatic carbocycles. The van der Waals surface area contributed by atoms with Gasteiger partial charge in [0.1, 0.15) is 0 Å². The molecule has 0 radical (unpaired) electrons. The van der Waals surface area contributed by atoms with Crippen molar-refractivity contribution >= 4 is 5.82 Å². The molecular weight excluding hydrogens is 324 g/mol. The van der Waals surface area contributed by atoms with Gasteiger partial charge in [0.2, 0.25) is 5.88 Å². The maximum absolute atomic E-state index is 5.94. The van der Waals surface area contributed by atoms with Gasteiger partial charge in [0.15, 0.2) is 5.82 Å². The van der Waals surface area contributed by atoms with E-state index in [1.54, 1.807) is 6.20 Å². The Hall–Kier alpha value is -2.17. The number of hydrogen-bond donors (Lipinski definition) is 0. The molecule has 3 heterocycles. The number of anilines is 1. The zero-order valence-corrected chi connectivity index (χ0v) is 15.4. The van der Waals surface area contributed by atoms with Gasteiger partial charge in [-0.1, -0.05) is 18.9 Å². The third-order valence-electron chi connectivity index (χ3n) is 5.63. The minimum atomic E-state index is 0.637. The minimum absolute atomic E-state index is 0.637. The van der Waals surface area contributed by atoms with Crippen LogP contribution in [0.5, 0.6) is 5.88 Å². The zero-order valence-electron chi connectivity index (χ0n) is 15.4. The van der Waals surface area contributed by atoms with E-state index in [0.717, 1.165) is 31.9 Å². The van der Waals surface area contributed by atoms with Crippen LogP contribution in [0.1, 0.15) is 44.1 Å². The van der Waals surface area contributed by atoms with Crippen LogP contribution in [0.3, 0.4) is 0 Å². The van der Waals surface area contributed by atoms with Crippen LogP contribution in [0.15, 0.2) is 36.9 Å². The van der Waals surface area contributed by atoms with Gasteiger partial charge in [0.25, 0.3) is 0 Å². The van der Waals surface area contributed by atoms with Crippen LogP contribution in [0.4, 0.5) is 5.82 Å². The molecule has 1 unspecified atom stereocenters. The van der Waals surface area contributed by atoms with Crippen LogP contribution in [-0.4, -0.2) is 34.6 Å². The van der Waals surface area contributed by atoms with Crippen molar-refractivity contribution in [2.75, 3.05) is 24.6 Å². The van der Waals surface area contributed by atoms with Crippen LogP contribution in [0.25, 0.3) is 0 Å². The van der Waals surface area contributed by atoms with Crippen LogP contribution in [-0.2, 0) is 6.42 Å². The molecule has 2 aromatic rings. The van der Waals surface area contributed by atoms with Crippen molar-refractivity contribution < 1.29 is 4.74 Å². The molecule has 0 N–H and O–H groups in total. The maximum atomic E-state index is 5.94. The van der Waals surface area contributed by atoms with Gasteiger partial charge in [-0.25, -0.2) is 0 Å². The molecule has 26 heavy (non-hydrogen) atoms. The van der Waals surface area contributed by atoms with Crippen molar-refractivity contribution in [2.24, 2.45) is 11.8 Å². The molecule has 1 aliphatic carbocycles. The molecule has 1 saturated heterocycles. The first-order chi connectivity index (χ1) is 12.9. The predicted octanol–water partition coefficient (Wildman–Crippen LogP) is 3.90. The summed E-state index contributed by atoms with van der Waals surface area (Å²) in [5.74, 6) is 2.95. The Morgan fingerprint density at radius 1 is 1.00 bits per heavy atom. The van der Waals surface area contributed by atoms with Crippen molar-refractivity contribution in [3.05, 3.63) is 42.5 Å². The number of piperidine rings is 1. The normalized spacial score (nSPS) is 21.1. The SMILES string of the molecule is c1cncc(CC2CCCN(c3cncc(OCC4CCCC4)n3)C2)c1. The average Bonchev–Trinajstić information content (AvgIpc) is 3.21. The molecule has 1 saturated carbocycles. The summed E-state index contributed by atoms with van der Waals surface area (Å²) in [6.07, 6.45) is 16.2. The van der Waals surface area contributed by atoms with E-state index in [4.69, 9.17) is 9.72 Å². The molecule has 0 bridgehead atoms. The third-order valence-corrected chi connectivity index (χ3v) is 5.63. The highest BCUT2D eigenvalue weighted by Gasteiger charge is 2.22. The van der Waals surface area contributed by atoms with Crippen molar-refractivity contribution in [3.63, 3.8) is 0 Å². The monoisotopic (exact) mass is 352 g/mol. The van der Waals surface area contributed by atoms with Crippen molar-refractivity contribution in [2.45, 2.75) is 44.9 Å². The average molecular weight is 352 g/mol. The third kappa shape index (κ3) is 4.51. The molecule has 2 aromatic heterocycles. The number of hydrogen-bond acceptors (Lipinski definition) is 5. The van der Waals surface area contributed by atoms with Gasteiger partial charge in [0, 0.05) is 25.5 Å².